The van der Waals surface area contributed by atoms with E-state index in [1.54, 1.807) is 0 Å². The Kier molecular flexibility index (Phi) is 4.40. The molecule has 0 saturated carbocycles. The molecular formula is C15H21N3OS. The summed E-state index contributed by atoms with van der Waals surface area (Å²) in [5.41, 5.74) is 7.06. The monoisotopic (exact) mass is 291 g/mol. The summed E-state index contributed by atoms with van der Waals surface area (Å²) in [4.78, 5) is 16.3. The zero-order valence-electron chi connectivity index (χ0n) is 12.1. The number of hydrogen-bond donors (Lipinski definition) is 2. The average Bonchev–Trinajstić information content (AvgIpc) is 2.67. The van der Waals surface area contributed by atoms with Crippen LogP contribution in [0.25, 0.3) is 10.2 Å². The third-order valence-electron chi connectivity index (χ3n) is 2.86. The lowest BCUT2D eigenvalue weighted by molar-refractivity contribution is -0.116. The lowest BCUT2D eigenvalue weighted by Gasteiger charge is -2.22. The maximum Gasteiger partial charge on any atom is 0.227 e. The zero-order chi connectivity index (χ0) is 14.8. The van der Waals surface area contributed by atoms with E-state index in [4.69, 9.17) is 5.73 Å². The fraction of sp³-hybridized carbons (Fsp3) is 0.467. The first kappa shape index (κ1) is 14.9. The molecule has 4 nitrogen and oxygen atoms in total. The van der Waals surface area contributed by atoms with Gasteiger partial charge < -0.3 is 11.1 Å². The highest BCUT2D eigenvalue weighted by Gasteiger charge is 2.18. The van der Waals surface area contributed by atoms with E-state index in [1.165, 1.54) is 11.3 Å². The Morgan fingerprint density at radius 2 is 2.10 bits per heavy atom. The lowest BCUT2D eigenvalue weighted by Crippen LogP contribution is -2.31. The van der Waals surface area contributed by atoms with E-state index in [2.05, 4.69) is 31.1 Å². The molecule has 0 aliphatic rings. The molecule has 1 heterocycles. The molecule has 1 atom stereocenters. The minimum absolute atomic E-state index is 0.0687. The summed E-state index contributed by atoms with van der Waals surface area (Å²) in [6.45, 7) is 6.37. The summed E-state index contributed by atoms with van der Waals surface area (Å²) in [5, 5.41) is 3.47. The van der Waals surface area contributed by atoms with Gasteiger partial charge in [0.25, 0.3) is 0 Å². The van der Waals surface area contributed by atoms with Crippen molar-refractivity contribution in [1.29, 1.82) is 0 Å². The van der Waals surface area contributed by atoms with Gasteiger partial charge in [-0.25, -0.2) is 4.98 Å². The highest BCUT2D eigenvalue weighted by molar-refractivity contribution is 7.22. The Bertz CT molecular complexity index is 567. The Balaban J connectivity index is 1.94. The highest BCUT2D eigenvalue weighted by Crippen LogP contribution is 2.26. The molecule has 0 bridgehead atoms. The molecule has 1 amide bonds. The largest absolute Gasteiger partial charge is 0.327 e. The molecule has 0 radical (unpaired) electrons. The second kappa shape index (κ2) is 5.89. The number of thiazole rings is 1. The topological polar surface area (TPSA) is 68.0 Å². The Morgan fingerprint density at radius 3 is 2.75 bits per heavy atom. The molecule has 0 aliphatic carbocycles. The predicted molar refractivity (Wildman–Crippen MR) is 84.9 cm³/mol. The maximum absolute atomic E-state index is 12.0. The van der Waals surface area contributed by atoms with Gasteiger partial charge in [0.1, 0.15) is 0 Å². The number of hydrogen-bond acceptors (Lipinski definition) is 4. The van der Waals surface area contributed by atoms with Crippen LogP contribution in [0.2, 0.25) is 0 Å². The molecule has 0 aliphatic heterocycles. The smallest absolute Gasteiger partial charge is 0.227 e. The predicted octanol–water partition coefficient (Wildman–Crippen LogP) is 3.39. The SMILES string of the molecule is CC(C)(C)CC(N)CC(=O)Nc1nc2ccccc2s1. The standard InChI is InChI=1S/C15H21N3OS/c1-15(2,3)9-10(16)8-13(19)18-14-17-11-6-4-5-7-12(11)20-14/h4-7,10H,8-9,16H2,1-3H3,(H,17,18,19). The van der Waals surface area contributed by atoms with Crippen LogP contribution >= 0.6 is 11.3 Å². The van der Waals surface area contributed by atoms with Crippen LogP contribution in [0, 0.1) is 5.41 Å². The van der Waals surface area contributed by atoms with Gasteiger partial charge in [-0.2, -0.15) is 0 Å². The molecule has 2 aromatic rings. The molecule has 20 heavy (non-hydrogen) atoms. The van der Waals surface area contributed by atoms with Crippen LogP contribution in [0.3, 0.4) is 0 Å². The minimum Gasteiger partial charge on any atom is -0.327 e. The number of fused-ring (bicyclic) bond motifs is 1. The number of carbonyl (C=O) groups excluding carboxylic acids is 1. The van der Waals surface area contributed by atoms with E-state index >= 15 is 0 Å². The number of carbonyl (C=O) groups is 1. The first-order valence-corrected chi connectivity index (χ1v) is 7.56. The third kappa shape index (κ3) is 4.28. The molecule has 5 heteroatoms. The van der Waals surface area contributed by atoms with Gasteiger partial charge in [-0.15, -0.1) is 0 Å². The number of rotatable bonds is 4. The van der Waals surface area contributed by atoms with Crippen molar-refractivity contribution in [2.24, 2.45) is 11.1 Å². The summed E-state index contributed by atoms with van der Waals surface area (Å²) in [5.74, 6) is -0.0687. The number of nitrogens with two attached hydrogens (primary N) is 1. The molecule has 0 saturated heterocycles. The van der Waals surface area contributed by atoms with Crippen LogP contribution in [-0.4, -0.2) is 16.9 Å². The van der Waals surface area contributed by atoms with Gasteiger partial charge in [0, 0.05) is 12.5 Å². The zero-order valence-corrected chi connectivity index (χ0v) is 13.0. The first-order valence-electron chi connectivity index (χ1n) is 6.74. The van der Waals surface area contributed by atoms with Crippen molar-refractivity contribution < 1.29 is 4.79 Å². The van der Waals surface area contributed by atoms with E-state index in [0.717, 1.165) is 16.6 Å². The van der Waals surface area contributed by atoms with E-state index in [9.17, 15) is 4.79 Å². The number of benzene rings is 1. The molecule has 3 N–H and O–H groups in total. The van der Waals surface area contributed by atoms with Gasteiger partial charge in [0.15, 0.2) is 5.13 Å². The fourth-order valence-electron chi connectivity index (χ4n) is 2.19. The summed E-state index contributed by atoms with van der Waals surface area (Å²) in [6, 6.07) is 7.71. The van der Waals surface area contributed by atoms with Crippen LogP contribution < -0.4 is 11.1 Å². The lowest BCUT2D eigenvalue weighted by atomic mass is 9.87. The van der Waals surface area contributed by atoms with Gasteiger partial charge >= 0.3 is 0 Å². The van der Waals surface area contributed by atoms with E-state index < -0.39 is 0 Å². The average molecular weight is 291 g/mol. The second-order valence-corrected chi connectivity index (χ2v) is 7.29. The van der Waals surface area contributed by atoms with Crippen LogP contribution in [-0.2, 0) is 4.79 Å². The van der Waals surface area contributed by atoms with Crippen molar-refractivity contribution in [2.45, 2.75) is 39.7 Å². The van der Waals surface area contributed by atoms with Crippen molar-refractivity contribution in [2.75, 3.05) is 5.32 Å². The number of anilines is 1. The summed E-state index contributed by atoms with van der Waals surface area (Å²) in [7, 11) is 0. The Hall–Kier alpha value is -1.46. The van der Waals surface area contributed by atoms with E-state index in [-0.39, 0.29) is 17.4 Å². The molecule has 0 spiro atoms. The van der Waals surface area contributed by atoms with Crippen LogP contribution in [0.4, 0.5) is 5.13 Å². The molecule has 1 aromatic heterocycles. The van der Waals surface area contributed by atoms with Crippen LogP contribution in [0.1, 0.15) is 33.6 Å². The fourth-order valence-corrected chi connectivity index (χ4v) is 3.07. The summed E-state index contributed by atoms with van der Waals surface area (Å²) >= 11 is 1.48. The van der Waals surface area contributed by atoms with E-state index in [0.29, 0.717) is 11.6 Å². The van der Waals surface area contributed by atoms with Crippen LogP contribution in [0.5, 0.6) is 0 Å². The number of nitrogens with zero attached hydrogens (tertiary/aromatic N) is 1. The van der Waals surface area contributed by atoms with Crippen molar-refractivity contribution >= 4 is 32.6 Å². The highest BCUT2D eigenvalue weighted by atomic mass is 32.1. The van der Waals surface area contributed by atoms with Gasteiger partial charge in [-0.3, -0.25) is 4.79 Å². The summed E-state index contributed by atoms with van der Waals surface area (Å²) in [6.07, 6.45) is 1.15. The first-order chi connectivity index (χ1) is 9.33. The molecule has 0 fully saturated rings. The summed E-state index contributed by atoms with van der Waals surface area (Å²) < 4.78 is 1.07. The van der Waals surface area contributed by atoms with E-state index in [1.807, 2.05) is 24.3 Å². The molecule has 1 aromatic carbocycles. The molecule has 108 valence electrons. The maximum atomic E-state index is 12.0. The number of para-hydroxylation sites is 1. The Morgan fingerprint density at radius 1 is 1.40 bits per heavy atom. The quantitative estimate of drug-likeness (QED) is 0.907. The number of aromatic nitrogens is 1. The van der Waals surface area contributed by atoms with Gasteiger partial charge in [0.2, 0.25) is 5.91 Å². The van der Waals surface area contributed by atoms with Crippen molar-refractivity contribution in [3.05, 3.63) is 24.3 Å². The molecule has 2 rings (SSSR count). The van der Waals surface area contributed by atoms with Gasteiger partial charge in [-0.05, 0) is 24.0 Å². The van der Waals surface area contributed by atoms with Gasteiger partial charge in [-0.1, -0.05) is 44.2 Å². The Labute approximate surface area is 123 Å². The number of nitrogens with one attached hydrogen (secondary N) is 1. The van der Waals surface area contributed by atoms with Crippen molar-refractivity contribution in [3.63, 3.8) is 0 Å². The number of amides is 1. The second-order valence-electron chi connectivity index (χ2n) is 6.26. The minimum atomic E-state index is -0.121. The van der Waals surface area contributed by atoms with Crippen LogP contribution in [0.15, 0.2) is 24.3 Å². The third-order valence-corrected chi connectivity index (χ3v) is 3.81. The normalized spacial score (nSPS) is 13.4. The van der Waals surface area contributed by atoms with Crippen molar-refractivity contribution in [1.82, 2.24) is 4.98 Å². The van der Waals surface area contributed by atoms with Crippen molar-refractivity contribution in [3.8, 4) is 0 Å². The van der Waals surface area contributed by atoms with Gasteiger partial charge in [0.05, 0.1) is 10.2 Å². The molecule has 1 unspecified atom stereocenters. The molecular weight excluding hydrogens is 270 g/mol.